The Labute approximate surface area is 122 Å². The van der Waals surface area contributed by atoms with Gasteiger partial charge in [-0.2, -0.15) is 13.2 Å². The number of rotatable bonds is 2. The number of benzene rings is 1. The Morgan fingerprint density at radius 3 is 2.62 bits per heavy atom. The first-order chi connectivity index (χ1) is 9.79. The van der Waals surface area contributed by atoms with E-state index in [0.29, 0.717) is 0 Å². The molecule has 0 saturated carbocycles. The van der Waals surface area contributed by atoms with Crippen molar-refractivity contribution in [2.45, 2.75) is 6.18 Å². The molecule has 1 heterocycles. The number of hydrogen-bond donors (Lipinski definition) is 2. The molecule has 110 valence electrons. The van der Waals surface area contributed by atoms with Gasteiger partial charge in [-0.3, -0.25) is 9.78 Å². The van der Waals surface area contributed by atoms with E-state index in [0.717, 1.165) is 12.1 Å². The van der Waals surface area contributed by atoms with Gasteiger partial charge in [-0.15, -0.1) is 0 Å². The molecular weight excluding hydrogens is 307 g/mol. The highest BCUT2D eigenvalue weighted by atomic mass is 35.5. The van der Waals surface area contributed by atoms with Crippen molar-refractivity contribution in [1.29, 1.82) is 0 Å². The summed E-state index contributed by atoms with van der Waals surface area (Å²) < 4.78 is 38.2. The van der Waals surface area contributed by atoms with Crippen molar-refractivity contribution in [3.05, 3.63) is 52.8 Å². The number of aromatic nitrogens is 1. The summed E-state index contributed by atoms with van der Waals surface area (Å²) in [5, 5.41) is 1.89. The summed E-state index contributed by atoms with van der Waals surface area (Å²) in [5.74, 6) is -0.634. The summed E-state index contributed by atoms with van der Waals surface area (Å²) >= 11 is 5.50. The molecule has 4 nitrogen and oxygen atoms in total. The van der Waals surface area contributed by atoms with E-state index in [9.17, 15) is 18.0 Å². The van der Waals surface area contributed by atoms with Crippen LogP contribution in [0.25, 0.3) is 0 Å². The smallest absolute Gasteiger partial charge is 0.397 e. The van der Waals surface area contributed by atoms with Crippen LogP contribution in [0.15, 0.2) is 36.7 Å². The maximum absolute atomic E-state index is 12.7. The van der Waals surface area contributed by atoms with E-state index >= 15 is 0 Å². The molecule has 2 aromatic rings. The van der Waals surface area contributed by atoms with Crippen LogP contribution in [-0.2, 0) is 6.18 Å². The lowest BCUT2D eigenvalue weighted by atomic mass is 10.1. The molecule has 0 fully saturated rings. The van der Waals surface area contributed by atoms with E-state index in [2.05, 4.69) is 10.3 Å². The fourth-order valence-corrected chi connectivity index (χ4v) is 1.86. The van der Waals surface area contributed by atoms with Gasteiger partial charge in [0.2, 0.25) is 0 Å². The zero-order chi connectivity index (χ0) is 15.6. The largest absolute Gasteiger partial charge is 0.417 e. The van der Waals surface area contributed by atoms with E-state index in [-0.39, 0.29) is 16.9 Å². The monoisotopic (exact) mass is 315 g/mol. The molecule has 1 aromatic heterocycles. The number of pyridine rings is 1. The Morgan fingerprint density at radius 1 is 1.29 bits per heavy atom. The van der Waals surface area contributed by atoms with Gasteiger partial charge in [0.15, 0.2) is 0 Å². The van der Waals surface area contributed by atoms with Crippen molar-refractivity contribution in [3.8, 4) is 0 Å². The first-order valence-electron chi connectivity index (χ1n) is 5.66. The van der Waals surface area contributed by atoms with Crippen LogP contribution < -0.4 is 11.1 Å². The first kappa shape index (κ1) is 15.1. The molecule has 0 bridgehead atoms. The zero-order valence-corrected chi connectivity index (χ0v) is 11.2. The molecule has 0 aliphatic carbocycles. The standard InChI is InChI=1S/C13H9ClF3N3O/c14-10-2-1-7(5-9(10)13(15,16)17)20-12(21)8-3-4-19-6-11(8)18/h1-6H,18H2,(H,20,21). The molecule has 21 heavy (non-hydrogen) atoms. The lowest BCUT2D eigenvalue weighted by Gasteiger charge is -2.12. The van der Waals surface area contributed by atoms with Crippen molar-refractivity contribution in [1.82, 2.24) is 4.98 Å². The minimum atomic E-state index is -4.60. The van der Waals surface area contributed by atoms with Crippen molar-refractivity contribution >= 4 is 28.9 Å². The fraction of sp³-hybridized carbons (Fsp3) is 0.0769. The topological polar surface area (TPSA) is 68.0 Å². The molecule has 0 aliphatic rings. The van der Waals surface area contributed by atoms with E-state index < -0.39 is 22.7 Å². The molecule has 2 rings (SSSR count). The molecule has 1 amide bonds. The summed E-state index contributed by atoms with van der Waals surface area (Å²) in [7, 11) is 0. The molecule has 0 unspecified atom stereocenters. The van der Waals surface area contributed by atoms with Crippen molar-refractivity contribution in [2.75, 3.05) is 11.1 Å². The summed E-state index contributed by atoms with van der Waals surface area (Å²) in [4.78, 5) is 15.7. The minimum Gasteiger partial charge on any atom is -0.397 e. The second-order valence-corrected chi connectivity index (χ2v) is 4.52. The Morgan fingerprint density at radius 2 is 2.00 bits per heavy atom. The van der Waals surface area contributed by atoms with E-state index in [1.165, 1.54) is 24.5 Å². The number of carbonyl (C=O) groups is 1. The van der Waals surface area contributed by atoms with Crippen LogP contribution in [-0.4, -0.2) is 10.9 Å². The molecular formula is C13H9ClF3N3O. The normalized spacial score (nSPS) is 11.2. The second kappa shape index (κ2) is 5.61. The maximum Gasteiger partial charge on any atom is 0.417 e. The molecule has 0 radical (unpaired) electrons. The first-order valence-corrected chi connectivity index (χ1v) is 6.04. The number of nitrogens with one attached hydrogen (secondary N) is 1. The van der Waals surface area contributed by atoms with E-state index in [4.69, 9.17) is 17.3 Å². The number of nitrogens with two attached hydrogens (primary N) is 1. The van der Waals surface area contributed by atoms with Gasteiger partial charge in [0, 0.05) is 11.9 Å². The van der Waals surface area contributed by atoms with Crippen LogP contribution >= 0.6 is 11.6 Å². The van der Waals surface area contributed by atoms with Crippen LogP contribution in [0, 0.1) is 0 Å². The van der Waals surface area contributed by atoms with Crippen molar-refractivity contribution < 1.29 is 18.0 Å². The van der Waals surface area contributed by atoms with Crippen LogP contribution in [0.1, 0.15) is 15.9 Å². The SMILES string of the molecule is Nc1cnccc1C(=O)Nc1ccc(Cl)c(C(F)(F)F)c1. The Hall–Kier alpha value is -2.28. The van der Waals surface area contributed by atoms with Gasteiger partial charge in [-0.25, -0.2) is 0 Å². The summed E-state index contributed by atoms with van der Waals surface area (Å²) in [6.07, 6.45) is -1.97. The third kappa shape index (κ3) is 3.43. The van der Waals surface area contributed by atoms with E-state index in [1.54, 1.807) is 0 Å². The quantitative estimate of drug-likeness (QED) is 0.890. The Bertz CT molecular complexity index is 689. The minimum absolute atomic E-state index is 0.0343. The predicted molar refractivity (Wildman–Crippen MR) is 73.1 cm³/mol. The lowest BCUT2D eigenvalue weighted by molar-refractivity contribution is -0.137. The van der Waals surface area contributed by atoms with Crippen molar-refractivity contribution in [3.63, 3.8) is 0 Å². The van der Waals surface area contributed by atoms with Crippen LogP contribution in [0.3, 0.4) is 0 Å². The van der Waals surface area contributed by atoms with Gasteiger partial charge in [-0.05, 0) is 24.3 Å². The third-order valence-electron chi connectivity index (χ3n) is 2.63. The molecule has 0 atom stereocenters. The third-order valence-corrected chi connectivity index (χ3v) is 2.96. The van der Waals surface area contributed by atoms with Gasteiger partial charge in [0.05, 0.1) is 28.0 Å². The van der Waals surface area contributed by atoms with Gasteiger partial charge >= 0.3 is 6.18 Å². The lowest BCUT2D eigenvalue weighted by Crippen LogP contribution is -2.15. The highest BCUT2D eigenvalue weighted by Gasteiger charge is 2.33. The zero-order valence-electron chi connectivity index (χ0n) is 10.4. The summed E-state index contributed by atoms with van der Waals surface area (Å²) in [6, 6.07) is 4.46. The van der Waals surface area contributed by atoms with Crippen LogP contribution in [0.4, 0.5) is 24.5 Å². The number of nitrogens with zero attached hydrogens (tertiary/aromatic N) is 1. The predicted octanol–water partition coefficient (Wildman–Crippen LogP) is 3.59. The van der Waals surface area contributed by atoms with Gasteiger partial charge < -0.3 is 11.1 Å². The number of anilines is 2. The van der Waals surface area contributed by atoms with E-state index in [1.807, 2.05) is 0 Å². The Balaban J connectivity index is 2.29. The van der Waals surface area contributed by atoms with Crippen molar-refractivity contribution in [2.24, 2.45) is 0 Å². The average molecular weight is 316 g/mol. The number of alkyl halides is 3. The number of halogens is 4. The highest BCUT2D eigenvalue weighted by Crippen LogP contribution is 2.36. The number of hydrogen-bond acceptors (Lipinski definition) is 3. The molecule has 1 aromatic carbocycles. The highest BCUT2D eigenvalue weighted by molar-refractivity contribution is 6.31. The Kier molecular flexibility index (Phi) is 4.04. The second-order valence-electron chi connectivity index (χ2n) is 4.11. The van der Waals surface area contributed by atoms with Gasteiger partial charge in [0.25, 0.3) is 5.91 Å². The van der Waals surface area contributed by atoms with Gasteiger partial charge in [0.1, 0.15) is 0 Å². The van der Waals surface area contributed by atoms with Crippen LogP contribution in [0.5, 0.6) is 0 Å². The molecule has 8 heteroatoms. The fourth-order valence-electron chi connectivity index (χ4n) is 1.63. The molecule has 3 N–H and O–H groups in total. The molecule has 0 saturated heterocycles. The molecule has 0 aliphatic heterocycles. The summed E-state index contributed by atoms with van der Waals surface area (Å²) in [5.41, 5.74) is 4.76. The van der Waals surface area contributed by atoms with Crippen LogP contribution in [0.2, 0.25) is 5.02 Å². The average Bonchev–Trinajstić information content (AvgIpc) is 2.40. The number of nitrogen functional groups attached to an aromatic ring is 1. The van der Waals surface area contributed by atoms with Gasteiger partial charge in [-0.1, -0.05) is 11.6 Å². The number of carbonyl (C=O) groups excluding carboxylic acids is 1. The summed E-state index contributed by atoms with van der Waals surface area (Å²) in [6.45, 7) is 0. The maximum atomic E-state index is 12.7. The molecule has 0 spiro atoms. The number of amides is 1.